The highest BCUT2D eigenvalue weighted by atomic mass is 32.2. The van der Waals surface area contributed by atoms with Crippen molar-refractivity contribution in [1.29, 1.82) is 0 Å². The zero-order chi connectivity index (χ0) is 11.4. The van der Waals surface area contributed by atoms with Crippen molar-refractivity contribution in [2.45, 2.75) is 17.8 Å². The highest BCUT2D eigenvalue weighted by molar-refractivity contribution is 7.98. The lowest BCUT2D eigenvalue weighted by molar-refractivity contribution is 0.935. The quantitative estimate of drug-likeness (QED) is 0.638. The first-order chi connectivity index (χ1) is 7.74. The molecule has 0 saturated heterocycles. The van der Waals surface area contributed by atoms with Gasteiger partial charge in [-0.2, -0.15) is 0 Å². The van der Waals surface area contributed by atoms with Gasteiger partial charge in [0.25, 0.3) is 0 Å². The van der Waals surface area contributed by atoms with Gasteiger partial charge in [0.05, 0.1) is 5.75 Å². The van der Waals surface area contributed by atoms with Gasteiger partial charge in [0, 0.05) is 24.2 Å². The van der Waals surface area contributed by atoms with E-state index in [9.17, 15) is 0 Å². The van der Waals surface area contributed by atoms with Crippen molar-refractivity contribution in [1.82, 2.24) is 19.9 Å². The number of hydrogen-bond donors (Lipinski definition) is 1. The van der Waals surface area contributed by atoms with Crippen molar-refractivity contribution in [3.05, 3.63) is 36.0 Å². The molecule has 0 fully saturated rings. The summed E-state index contributed by atoms with van der Waals surface area (Å²) in [5.41, 5.74) is 6.50. The Labute approximate surface area is 97.6 Å². The summed E-state index contributed by atoms with van der Waals surface area (Å²) in [5, 5.41) is 0.657. The van der Waals surface area contributed by atoms with Gasteiger partial charge < -0.3 is 5.73 Å². The third-order valence-corrected chi connectivity index (χ3v) is 2.65. The van der Waals surface area contributed by atoms with Gasteiger partial charge in [-0.3, -0.25) is 0 Å². The molecule has 2 N–H and O–H groups in total. The van der Waals surface area contributed by atoms with E-state index in [-0.39, 0.29) is 0 Å². The SMILES string of the molecule is Cc1cc(N)nc(SCc2ncccn2)n1. The second-order valence-electron chi connectivity index (χ2n) is 3.17. The minimum absolute atomic E-state index is 0.490. The van der Waals surface area contributed by atoms with Crippen LogP contribution < -0.4 is 5.73 Å². The van der Waals surface area contributed by atoms with Crippen molar-refractivity contribution >= 4 is 17.6 Å². The minimum Gasteiger partial charge on any atom is -0.384 e. The summed E-state index contributed by atoms with van der Waals surface area (Å²) in [6.45, 7) is 1.89. The topological polar surface area (TPSA) is 77.6 Å². The van der Waals surface area contributed by atoms with E-state index in [0.717, 1.165) is 11.5 Å². The molecule has 0 amide bonds. The fourth-order valence-electron chi connectivity index (χ4n) is 1.16. The maximum atomic E-state index is 5.63. The number of nitrogen functional groups attached to an aromatic ring is 1. The third kappa shape index (κ3) is 2.90. The summed E-state index contributed by atoms with van der Waals surface area (Å²) in [7, 11) is 0. The number of aryl methyl sites for hydroxylation is 1. The summed E-state index contributed by atoms with van der Waals surface area (Å²) in [5.74, 6) is 1.89. The van der Waals surface area contributed by atoms with Gasteiger partial charge in [-0.25, -0.2) is 19.9 Å². The van der Waals surface area contributed by atoms with E-state index in [1.807, 2.05) is 6.92 Å². The molecule has 0 aliphatic rings. The Kier molecular flexibility index (Phi) is 3.31. The third-order valence-electron chi connectivity index (χ3n) is 1.80. The number of nitrogens with zero attached hydrogens (tertiary/aromatic N) is 4. The normalized spacial score (nSPS) is 10.3. The van der Waals surface area contributed by atoms with Crippen molar-refractivity contribution in [3.63, 3.8) is 0 Å². The molecule has 0 aliphatic heterocycles. The van der Waals surface area contributed by atoms with Crippen LogP contribution in [0.25, 0.3) is 0 Å². The Balaban J connectivity index is 2.05. The van der Waals surface area contributed by atoms with E-state index in [0.29, 0.717) is 16.7 Å². The van der Waals surface area contributed by atoms with Gasteiger partial charge >= 0.3 is 0 Å². The Morgan fingerprint density at radius 3 is 2.69 bits per heavy atom. The average molecular weight is 233 g/mol. The van der Waals surface area contributed by atoms with Gasteiger partial charge in [0.15, 0.2) is 5.16 Å². The molecule has 0 aliphatic carbocycles. The largest absolute Gasteiger partial charge is 0.384 e. The lowest BCUT2D eigenvalue weighted by Gasteiger charge is -2.01. The van der Waals surface area contributed by atoms with Gasteiger partial charge in [0.1, 0.15) is 11.6 Å². The molecule has 16 heavy (non-hydrogen) atoms. The van der Waals surface area contributed by atoms with Crippen LogP contribution in [0.3, 0.4) is 0 Å². The number of aromatic nitrogens is 4. The van der Waals surface area contributed by atoms with Crippen molar-refractivity contribution in [3.8, 4) is 0 Å². The second kappa shape index (κ2) is 4.89. The van der Waals surface area contributed by atoms with Gasteiger partial charge in [-0.15, -0.1) is 0 Å². The lowest BCUT2D eigenvalue weighted by atomic mass is 10.4. The van der Waals surface area contributed by atoms with Crippen LogP contribution in [0.5, 0.6) is 0 Å². The number of anilines is 1. The molecule has 0 aromatic carbocycles. The molecule has 0 bridgehead atoms. The summed E-state index contributed by atoms with van der Waals surface area (Å²) < 4.78 is 0. The molecule has 2 aromatic rings. The molecular weight excluding hydrogens is 222 g/mol. The van der Waals surface area contributed by atoms with Crippen LogP contribution in [0, 0.1) is 6.92 Å². The van der Waals surface area contributed by atoms with E-state index in [1.54, 1.807) is 24.5 Å². The van der Waals surface area contributed by atoms with Gasteiger partial charge in [-0.05, 0) is 13.0 Å². The molecular formula is C10H11N5S. The molecule has 2 rings (SSSR count). The molecule has 0 radical (unpaired) electrons. The van der Waals surface area contributed by atoms with Crippen molar-refractivity contribution in [2.75, 3.05) is 5.73 Å². The highest BCUT2D eigenvalue weighted by Crippen LogP contribution is 2.18. The summed E-state index contributed by atoms with van der Waals surface area (Å²) in [4.78, 5) is 16.6. The van der Waals surface area contributed by atoms with Crippen LogP contribution in [0.1, 0.15) is 11.5 Å². The fourth-order valence-corrected chi connectivity index (χ4v) is 1.95. The van der Waals surface area contributed by atoms with Crippen LogP contribution in [-0.2, 0) is 5.75 Å². The van der Waals surface area contributed by atoms with E-state index in [2.05, 4.69) is 19.9 Å². The first-order valence-electron chi connectivity index (χ1n) is 4.74. The monoisotopic (exact) mass is 233 g/mol. The number of hydrogen-bond acceptors (Lipinski definition) is 6. The van der Waals surface area contributed by atoms with E-state index < -0.39 is 0 Å². The fraction of sp³-hybridized carbons (Fsp3) is 0.200. The minimum atomic E-state index is 0.490. The van der Waals surface area contributed by atoms with Gasteiger partial charge in [-0.1, -0.05) is 11.8 Å². The first-order valence-corrected chi connectivity index (χ1v) is 5.72. The molecule has 5 nitrogen and oxygen atoms in total. The molecule has 82 valence electrons. The van der Waals surface area contributed by atoms with Crippen molar-refractivity contribution < 1.29 is 0 Å². The average Bonchev–Trinajstić information content (AvgIpc) is 2.27. The molecule has 0 atom stereocenters. The predicted octanol–water partition coefficient (Wildman–Crippen LogP) is 1.45. The summed E-state index contributed by atoms with van der Waals surface area (Å²) >= 11 is 1.47. The number of thioether (sulfide) groups is 1. The van der Waals surface area contributed by atoms with E-state index in [1.165, 1.54) is 11.8 Å². The number of nitrogens with two attached hydrogens (primary N) is 1. The summed E-state index contributed by atoms with van der Waals surface area (Å²) in [6.07, 6.45) is 3.43. The molecule has 2 heterocycles. The van der Waals surface area contributed by atoms with Crippen LogP contribution in [-0.4, -0.2) is 19.9 Å². The Bertz CT molecular complexity index is 454. The molecule has 0 unspecified atom stereocenters. The van der Waals surface area contributed by atoms with E-state index in [4.69, 9.17) is 5.73 Å². The molecule has 2 aromatic heterocycles. The molecule has 0 spiro atoms. The first kappa shape index (κ1) is 10.8. The Morgan fingerprint density at radius 2 is 2.00 bits per heavy atom. The van der Waals surface area contributed by atoms with Crippen LogP contribution in [0.15, 0.2) is 29.7 Å². The standard InChI is InChI=1S/C10H11N5S/c1-7-5-8(11)15-10(14-7)16-6-9-12-3-2-4-13-9/h2-5H,6H2,1H3,(H2,11,14,15). The smallest absolute Gasteiger partial charge is 0.190 e. The number of rotatable bonds is 3. The van der Waals surface area contributed by atoms with Gasteiger partial charge in [0.2, 0.25) is 0 Å². The predicted molar refractivity (Wildman–Crippen MR) is 62.8 cm³/mol. The zero-order valence-electron chi connectivity index (χ0n) is 8.79. The molecule has 0 saturated carbocycles. The van der Waals surface area contributed by atoms with Crippen molar-refractivity contribution in [2.24, 2.45) is 0 Å². The Hall–Kier alpha value is -1.69. The molecule has 6 heteroatoms. The second-order valence-corrected chi connectivity index (χ2v) is 4.11. The Morgan fingerprint density at radius 1 is 1.25 bits per heavy atom. The summed E-state index contributed by atoms with van der Waals surface area (Å²) in [6, 6.07) is 3.53. The maximum absolute atomic E-state index is 5.63. The highest BCUT2D eigenvalue weighted by Gasteiger charge is 2.02. The van der Waals surface area contributed by atoms with Crippen LogP contribution in [0.4, 0.5) is 5.82 Å². The van der Waals surface area contributed by atoms with Crippen LogP contribution >= 0.6 is 11.8 Å². The van der Waals surface area contributed by atoms with Crippen LogP contribution in [0.2, 0.25) is 0 Å². The zero-order valence-corrected chi connectivity index (χ0v) is 9.61. The lowest BCUT2D eigenvalue weighted by Crippen LogP contribution is -1.97. The van der Waals surface area contributed by atoms with E-state index >= 15 is 0 Å². The maximum Gasteiger partial charge on any atom is 0.190 e.